The molecule has 1 atom stereocenters. The second-order valence-corrected chi connectivity index (χ2v) is 2.00. The Kier molecular flexibility index (Phi) is 1.98. The van der Waals surface area contributed by atoms with Crippen LogP contribution in [-0.4, -0.2) is 22.1 Å². The molecule has 0 aromatic carbocycles. The third-order valence-electron chi connectivity index (χ3n) is 1.23. The highest BCUT2D eigenvalue weighted by atomic mass is 16.5. The lowest BCUT2D eigenvalue weighted by Gasteiger charge is -2.01. The Hall–Kier alpha value is -0.940. The molecule has 1 unspecified atom stereocenters. The van der Waals surface area contributed by atoms with Crippen LogP contribution >= 0.6 is 0 Å². The number of aliphatic hydroxyl groups excluding tert-OH is 1. The summed E-state index contributed by atoms with van der Waals surface area (Å²) >= 11 is 0. The fourth-order valence-corrected chi connectivity index (χ4v) is 0.665. The molecule has 0 spiro atoms. The van der Waals surface area contributed by atoms with E-state index >= 15 is 0 Å². The molecule has 0 radical (unpaired) electrons. The van der Waals surface area contributed by atoms with Crippen molar-refractivity contribution >= 4 is 0 Å². The first kappa shape index (κ1) is 7.17. The minimum absolute atomic E-state index is 0.144. The number of aliphatic hydroxyl groups is 1. The number of nitrogens with two attached hydrogens (primary N) is 1. The van der Waals surface area contributed by atoms with Crippen LogP contribution in [0.4, 0.5) is 0 Å². The minimum atomic E-state index is -0.480. The lowest BCUT2D eigenvalue weighted by molar-refractivity contribution is 0.265. The molecule has 5 nitrogen and oxygen atoms in total. The second-order valence-electron chi connectivity index (χ2n) is 2.00. The third kappa shape index (κ3) is 1.14. The van der Waals surface area contributed by atoms with E-state index in [0.717, 1.165) is 0 Å². The molecule has 0 aliphatic heterocycles. The van der Waals surface area contributed by atoms with Crippen LogP contribution in [-0.2, 0) is 0 Å². The van der Waals surface area contributed by atoms with Crippen molar-refractivity contribution in [1.29, 1.82) is 0 Å². The molecule has 0 bridgehead atoms. The van der Waals surface area contributed by atoms with Crippen LogP contribution in [0.1, 0.15) is 17.5 Å². The summed E-state index contributed by atoms with van der Waals surface area (Å²) in [5.41, 5.74) is 5.94. The molecule has 0 amide bonds. The Morgan fingerprint density at radius 2 is 2.50 bits per heavy atom. The first-order valence-corrected chi connectivity index (χ1v) is 2.91. The normalized spacial score (nSPS) is 13.5. The van der Waals surface area contributed by atoms with Crippen molar-refractivity contribution in [1.82, 2.24) is 10.4 Å². The van der Waals surface area contributed by atoms with Crippen molar-refractivity contribution in [3.05, 3.63) is 11.5 Å². The number of aromatic nitrogens is 2. The molecule has 0 fully saturated rings. The van der Waals surface area contributed by atoms with Crippen molar-refractivity contribution in [2.45, 2.75) is 13.0 Å². The first-order valence-electron chi connectivity index (χ1n) is 2.91. The average Bonchev–Trinajstić information content (AvgIpc) is 2.34. The van der Waals surface area contributed by atoms with Crippen molar-refractivity contribution in [2.24, 2.45) is 5.73 Å². The number of aryl methyl sites for hydroxylation is 1. The maximum Gasteiger partial charge on any atom is 0.159 e. The van der Waals surface area contributed by atoms with Crippen molar-refractivity contribution < 1.29 is 9.63 Å². The number of rotatable bonds is 2. The van der Waals surface area contributed by atoms with E-state index in [1.807, 2.05) is 0 Å². The van der Waals surface area contributed by atoms with Gasteiger partial charge in [-0.05, 0) is 6.92 Å². The van der Waals surface area contributed by atoms with E-state index in [-0.39, 0.29) is 6.61 Å². The van der Waals surface area contributed by atoms with Crippen molar-refractivity contribution in [3.63, 3.8) is 0 Å². The van der Waals surface area contributed by atoms with Gasteiger partial charge in [0.25, 0.3) is 0 Å². The summed E-state index contributed by atoms with van der Waals surface area (Å²) in [6.45, 7) is 1.56. The van der Waals surface area contributed by atoms with Gasteiger partial charge in [-0.3, -0.25) is 0 Å². The fourth-order valence-electron chi connectivity index (χ4n) is 0.665. The summed E-state index contributed by atoms with van der Waals surface area (Å²) in [7, 11) is 0. The van der Waals surface area contributed by atoms with E-state index in [2.05, 4.69) is 14.9 Å². The standard InChI is InChI=1S/C5H9N3O2/c1-3-5(4(6)2-9)7-8-10-3/h4,9H,2,6H2,1H3. The van der Waals surface area contributed by atoms with Gasteiger partial charge in [0.15, 0.2) is 5.76 Å². The highest BCUT2D eigenvalue weighted by Gasteiger charge is 2.12. The number of nitrogens with zero attached hydrogens (tertiary/aromatic N) is 2. The zero-order chi connectivity index (χ0) is 7.56. The van der Waals surface area contributed by atoms with E-state index < -0.39 is 6.04 Å². The Balaban J connectivity index is 2.82. The van der Waals surface area contributed by atoms with Gasteiger partial charge in [0, 0.05) is 5.27 Å². The smallest absolute Gasteiger partial charge is 0.159 e. The molecule has 0 aliphatic rings. The Bertz CT molecular complexity index is 210. The van der Waals surface area contributed by atoms with Crippen LogP contribution in [0, 0.1) is 6.92 Å². The van der Waals surface area contributed by atoms with Crippen LogP contribution in [0.25, 0.3) is 0 Å². The minimum Gasteiger partial charge on any atom is -0.394 e. The van der Waals surface area contributed by atoms with Gasteiger partial charge in [-0.15, -0.1) is 5.10 Å². The van der Waals surface area contributed by atoms with Crippen LogP contribution in [0.3, 0.4) is 0 Å². The van der Waals surface area contributed by atoms with Crippen molar-refractivity contribution in [3.8, 4) is 0 Å². The molecular weight excluding hydrogens is 134 g/mol. The largest absolute Gasteiger partial charge is 0.394 e. The first-order chi connectivity index (χ1) is 4.75. The van der Waals surface area contributed by atoms with Crippen LogP contribution in [0.5, 0.6) is 0 Å². The molecule has 1 aromatic heterocycles. The van der Waals surface area contributed by atoms with Crippen LogP contribution < -0.4 is 5.73 Å². The van der Waals surface area contributed by atoms with E-state index in [4.69, 9.17) is 10.8 Å². The SMILES string of the molecule is Cc1onnc1C(N)CO. The number of hydrogen-bond acceptors (Lipinski definition) is 5. The second kappa shape index (κ2) is 2.76. The topological polar surface area (TPSA) is 85.2 Å². The lowest BCUT2D eigenvalue weighted by Crippen LogP contribution is -2.15. The summed E-state index contributed by atoms with van der Waals surface area (Å²) in [5.74, 6) is 0.557. The maximum atomic E-state index is 8.60. The highest BCUT2D eigenvalue weighted by molar-refractivity contribution is 5.07. The fraction of sp³-hybridized carbons (Fsp3) is 0.600. The highest BCUT2D eigenvalue weighted by Crippen LogP contribution is 2.09. The zero-order valence-electron chi connectivity index (χ0n) is 5.61. The number of hydrogen-bond donors (Lipinski definition) is 2. The van der Waals surface area contributed by atoms with Crippen LogP contribution in [0.2, 0.25) is 0 Å². The molecule has 1 rings (SSSR count). The molecule has 1 aromatic rings. The van der Waals surface area contributed by atoms with Crippen LogP contribution in [0.15, 0.2) is 4.52 Å². The summed E-state index contributed by atoms with van der Waals surface area (Å²) in [6.07, 6.45) is 0. The van der Waals surface area contributed by atoms with Crippen molar-refractivity contribution in [2.75, 3.05) is 6.61 Å². The summed E-state index contributed by atoms with van der Waals surface area (Å²) in [5, 5.41) is 15.5. The Labute approximate surface area is 57.8 Å². The van der Waals surface area contributed by atoms with E-state index in [9.17, 15) is 0 Å². The van der Waals surface area contributed by atoms with E-state index in [1.54, 1.807) is 6.92 Å². The summed E-state index contributed by atoms with van der Waals surface area (Å²) in [6, 6.07) is -0.480. The predicted octanol–water partition coefficient (Wildman–Crippen LogP) is -0.630. The molecule has 56 valence electrons. The predicted molar refractivity (Wildman–Crippen MR) is 33.0 cm³/mol. The average molecular weight is 143 g/mol. The van der Waals surface area contributed by atoms with Gasteiger partial charge >= 0.3 is 0 Å². The lowest BCUT2D eigenvalue weighted by atomic mass is 10.2. The zero-order valence-corrected chi connectivity index (χ0v) is 5.61. The third-order valence-corrected chi connectivity index (χ3v) is 1.23. The summed E-state index contributed by atoms with van der Waals surface area (Å²) < 4.78 is 4.64. The van der Waals surface area contributed by atoms with E-state index in [1.165, 1.54) is 0 Å². The van der Waals surface area contributed by atoms with Gasteiger partial charge in [0.05, 0.1) is 12.6 Å². The van der Waals surface area contributed by atoms with Gasteiger partial charge in [-0.2, -0.15) is 0 Å². The van der Waals surface area contributed by atoms with Gasteiger partial charge in [-0.1, -0.05) is 0 Å². The molecule has 5 heteroatoms. The molecule has 0 saturated carbocycles. The summed E-state index contributed by atoms with van der Waals surface area (Å²) in [4.78, 5) is 0. The molecule has 1 heterocycles. The molecule has 0 aliphatic carbocycles. The van der Waals surface area contributed by atoms with Gasteiger partial charge in [-0.25, -0.2) is 0 Å². The van der Waals surface area contributed by atoms with Gasteiger partial charge in [0.2, 0.25) is 0 Å². The monoisotopic (exact) mass is 143 g/mol. The van der Waals surface area contributed by atoms with Gasteiger partial charge < -0.3 is 15.4 Å². The Morgan fingerprint density at radius 1 is 1.80 bits per heavy atom. The van der Waals surface area contributed by atoms with Gasteiger partial charge in [0.1, 0.15) is 5.69 Å². The molecule has 3 N–H and O–H groups in total. The molecule has 10 heavy (non-hydrogen) atoms. The quantitative estimate of drug-likeness (QED) is 0.575. The molecule has 0 saturated heterocycles. The van der Waals surface area contributed by atoms with E-state index in [0.29, 0.717) is 11.5 Å². The molecular formula is C5H9N3O2. The maximum absolute atomic E-state index is 8.60. The Morgan fingerprint density at radius 3 is 2.90 bits per heavy atom.